The predicted octanol–water partition coefficient (Wildman–Crippen LogP) is 4.97. The minimum Gasteiger partial charge on any atom is -0.380 e. The Kier molecular flexibility index (Phi) is 5.47. The molecule has 4 nitrogen and oxygen atoms in total. The van der Waals surface area contributed by atoms with Gasteiger partial charge in [-0.3, -0.25) is 10.1 Å². The molecule has 0 spiro atoms. The Morgan fingerprint density at radius 3 is 2.67 bits per heavy atom. The van der Waals surface area contributed by atoms with Gasteiger partial charge in [-0.2, -0.15) is 0 Å². The summed E-state index contributed by atoms with van der Waals surface area (Å²) in [6.07, 6.45) is 0. The lowest BCUT2D eigenvalue weighted by Gasteiger charge is -2.11. The Balaban J connectivity index is 2.25. The van der Waals surface area contributed by atoms with E-state index in [9.17, 15) is 10.1 Å². The summed E-state index contributed by atoms with van der Waals surface area (Å²) in [6.45, 7) is 2.55. The van der Waals surface area contributed by atoms with Gasteiger partial charge in [0.15, 0.2) is 0 Å². The molecule has 0 aromatic heterocycles. The Labute approximate surface area is 132 Å². The molecule has 0 heterocycles. The van der Waals surface area contributed by atoms with Gasteiger partial charge in [0, 0.05) is 23.3 Å². The highest BCUT2D eigenvalue weighted by molar-refractivity contribution is 7.98. The average molecular weight is 323 g/mol. The third kappa shape index (κ3) is 3.89. The van der Waals surface area contributed by atoms with Gasteiger partial charge >= 0.3 is 0 Å². The van der Waals surface area contributed by atoms with Gasteiger partial charge in [0.25, 0.3) is 5.69 Å². The van der Waals surface area contributed by atoms with Crippen molar-refractivity contribution < 1.29 is 4.92 Å². The zero-order chi connectivity index (χ0) is 15.2. The zero-order valence-electron chi connectivity index (χ0n) is 11.5. The number of nitro benzene ring substituents is 1. The van der Waals surface area contributed by atoms with Crippen LogP contribution in [-0.2, 0) is 5.75 Å². The number of hydrogen-bond acceptors (Lipinski definition) is 4. The smallest absolute Gasteiger partial charge is 0.292 e. The molecule has 2 aromatic carbocycles. The molecule has 0 aliphatic rings. The van der Waals surface area contributed by atoms with Gasteiger partial charge in [0.1, 0.15) is 5.69 Å². The van der Waals surface area contributed by atoms with Crippen molar-refractivity contribution in [2.45, 2.75) is 17.6 Å². The molecule has 1 N–H and O–H groups in total. The van der Waals surface area contributed by atoms with Crippen molar-refractivity contribution in [2.75, 3.05) is 11.9 Å². The van der Waals surface area contributed by atoms with E-state index in [4.69, 9.17) is 11.6 Å². The van der Waals surface area contributed by atoms with Crippen LogP contribution in [0.25, 0.3) is 0 Å². The molecule has 6 heteroatoms. The summed E-state index contributed by atoms with van der Waals surface area (Å²) in [4.78, 5) is 11.7. The van der Waals surface area contributed by atoms with Gasteiger partial charge in [-0.05, 0) is 24.6 Å². The third-order valence-corrected chi connectivity index (χ3v) is 4.46. The minimum atomic E-state index is -0.359. The maximum Gasteiger partial charge on any atom is 0.292 e. The number of para-hydroxylation sites is 1. The van der Waals surface area contributed by atoms with Gasteiger partial charge < -0.3 is 5.32 Å². The fourth-order valence-electron chi connectivity index (χ4n) is 1.96. The molecule has 110 valence electrons. The van der Waals surface area contributed by atoms with E-state index < -0.39 is 0 Å². The first-order valence-electron chi connectivity index (χ1n) is 6.51. The monoisotopic (exact) mass is 322 g/mol. The molecule has 21 heavy (non-hydrogen) atoms. The van der Waals surface area contributed by atoms with Crippen molar-refractivity contribution in [1.29, 1.82) is 0 Å². The van der Waals surface area contributed by atoms with Crippen LogP contribution in [0.15, 0.2) is 47.4 Å². The lowest BCUT2D eigenvalue weighted by Crippen LogP contribution is -2.04. The highest BCUT2D eigenvalue weighted by atomic mass is 35.5. The molecule has 0 fully saturated rings. The Bertz CT molecular complexity index is 649. The van der Waals surface area contributed by atoms with E-state index in [1.165, 1.54) is 6.07 Å². The average Bonchev–Trinajstić information content (AvgIpc) is 2.47. The highest BCUT2D eigenvalue weighted by Gasteiger charge is 2.16. The molecular weight excluding hydrogens is 308 g/mol. The predicted molar refractivity (Wildman–Crippen MR) is 88.3 cm³/mol. The van der Waals surface area contributed by atoms with E-state index >= 15 is 0 Å². The Hall–Kier alpha value is -1.72. The first-order chi connectivity index (χ1) is 10.1. The largest absolute Gasteiger partial charge is 0.380 e. The highest BCUT2D eigenvalue weighted by Crippen LogP contribution is 2.35. The summed E-state index contributed by atoms with van der Waals surface area (Å²) >= 11 is 7.69. The van der Waals surface area contributed by atoms with Crippen LogP contribution in [0.2, 0.25) is 5.02 Å². The van der Waals surface area contributed by atoms with Crippen LogP contribution >= 0.6 is 23.4 Å². The maximum absolute atomic E-state index is 11.1. The second-order valence-corrected chi connectivity index (χ2v) is 5.74. The second kappa shape index (κ2) is 7.33. The van der Waals surface area contributed by atoms with Crippen molar-refractivity contribution in [2.24, 2.45) is 0 Å². The third-order valence-electron chi connectivity index (χ3n) is 2.90. The summed E-state index contributed by atoms with van der Waals surface area (Å²) < 4.78 is 0. The van der Waals surface area contributed by atoms with E-state index in [0.717, 1.165) is 10.5 Å². The summed E-state index contributed by atoms with van der Waals surface area (Å²) in [7, 11) is 0. The molecule has 2 aromatic rings. The number of benzene rings is 2. The Morgan fingerprint density at radius 2 is 2.00 bits per heavy atom. The van der Waals surface area contributed by atoms with E-state index in [0.29, 0.717) is 23.0 Å². The van der Waals surface area contributed by atoms with Crippen LogP contribution in [0.3, 0.4) is 0 Å². The maximum atomic E-state index is 11.1. The number of anilines is 1. The van der Waals surface area contributed by atoms with Crippen LogP contribution in [0.4, 0.5) is 11.4 Å². The molecular formula is C15H15ClN2O2S. The zero-order valence-corrected chi connectivity index (χ0v) is 13.1. The molecule has 0 radical (unpaired) electrons. The second-order valence-electron chi connectivity index (χ2n) is 4.32. The fraction of sp³-hybridized carbons (Fsp3) is 0.200. The number of thioether (sulfide) groups is 1. The Morgan fingerprint density at radius 1 is 1.24 bits per heavy atom. The van der Waals surface area contributed by atoms with Gasteiger partial charge in [-0.1, -0.05) is 35.9 Å². The number of hydrogen-bond donors (Lipinski definition) is 1. The van der Waals surface area contributed by atoms with Crippen LogP contribution in [-0.4, -0.2) is 11.5 Å². The van der Waals surface area contributed by atoms with Crippen LogP contribution in [0.5, 0.6) is 0 Å². The van der Waals surface area contributed by atoms with Gasteiger partial charge in [-0.25, -0.2) is 0 Å². The van der Waals surface area contributed by atoms with Crippen molar-refractivity contribution in [3.63, 3.8) is 0 Å². The van der Waals surface area contributed by atoms with E-state index in [-0.39, 0.29) is 10.6 Å². The molecule has 0 atom stereocenters. The van der Waals surface area contributed by atoms with E-state index in [1.54, 1.807) is 17.8 Å². The normalized spacial score (nSPS) is 10.4. The van der Waals surface area contributed by atoms with Crippen LogP contribution < -0.4 is 5.32 Å². The number of nitro groups is 1. The molecule has 0 aliphatic carbocycles. The lowest BCUT2D eigenvalue weighted by molar-refractivity contribution is -0.384. The summed E-state index contributed by atoms with van der Waals surface area (Å²) in [5.74, 6) is 0.619. The molecule has 0 unspecified atom stereocenters. The first kappa shape index (κ1) is 15.7. The topological polar surface area (TPSA) is 55.2 Å². The SMILES string of the molecule is CCNc1c(CSc2ccccc2Cl)cccc1[N+](=O)[O-]. The van der Waals surface area contributed by atoms with Gasteiger partial charge in [-0.15, -0.1) is 11.8 Å². The quantitative estimate of drug-likeness (QED) is 0.463. The number of nitrogens with zero attached hydrogens (tertiary/aromatic N) is 1. The van der Waals surface area contributed by atoms with Crippen LogP contribution in [0, 0.1) is 10.1 Å². The molecule has 0 saturated carbocycles. The first-order valence-corrected chi connectivity index (χ1v) is 7.87. The van der Waals surface area contributed by atoms with Gasteiger partial charge in [0.05, 0.1) is 9.95 Å². The standard InChI is InChI=1S/C15H15ClN2O2S/c1-2-17-15-11(6-5-8-13(15)18(19)20)10-21-14-9-4-3-7-12(14)16/h3-9,17H,2,10H2,1H3. The lowest BCUT2D eigenvalue weighted by atomic mass is 10.1. The summed E-state index contributed by atoms with van der Waals surface area (Å²) in [5, 5.41) is 14.9. The molecule has 0 saturated heterocycles. The van der Waals surface area contributed by atoms with Crippen molar-refractivity contribution >= 4 is 34.7 Å². The fourth-order valence-corrected chi connectivity index (χ4v) is 3.19. The summed E-state index contributed by atoms with van der Waals surface area (Å²) in [5.41, 5.74) is 1.59. The number of rotatable bonds is 6. The summed E-state index contributed by atoms with van der Waals surface area (Å²) in [6, 6.07) is 12.7. The van der Waals surface area contributed by atoms with Crippen LogP contribution in [0.1, 0.15) is 12.5 Å². The van der Waals surface area contributed by atoms with Gasteiger partial charge in [0.2, 0.25) is 0 Å². The molecule has 2 rings (SSSR count). The molecule has 0 aliphatic heterocycles. The molecule has 0 bridgehead atoms. The van der Waals surface area contributed by atoms with Crippen molar-refractivity contribution in [1.82, 2.24) is 0 Å². The van der Waals surface area contributed by atoms with Crippen molar-refractivity contribution in [3.05, 3.63) is 63.2 Å². The number of halogens is 1. The minimum absolute atomic E-state index is 0.106. The molecule has 0 amide bonds. The number of nitrogens with one attached hydrogen (secondary N) is 1. The van der Waals surface area contributed by atoms with E-state index in [2.05, 4.69) is 5.32 Å². The van der Waals surface area contributed by atoms with Crippen molar-refractivity contribution in [3.8, 4) is 0 Å². The van der Waals surface area contributed by atoms with E-state index in [1.807, 2.05) is 37.3 Å².